The van der Waals surface area contributed by atoms with E-state index < -0.39 is 10.0 Å². The number of carbonyl (C=O) groups excluding carboxylic acids is 1. The summed E-state index contributed by atoms with van der Waals surface area (Å²) in [6, 6.07) is 4.83. The van der Waals surface area contributed by atoms with Crippen molar-refractivity contribution in [1.29, 1.82) is 0 Å². The SMILES string of the molecule is CC(=O)N1CCc2ccc(S(=O)(=O)NCC(N)C3CC3)cc21.Cl. The highest BCUT2D eigenvalue weighted by molar-refractivity contribution is 7.89. The van der Waals surface area contributed by atoms with Gasteiger partial charge in [-0.15, -0.1) is 12.4 Å². The summed E-state index contributed by atoms with van der Waals surface area (Å²) in [5.74, 6) is 0.368. The van der Waals surface area contributed by atoms with Gasteiger partial charge in [0, 0.05) is 31.7 Å². The molecule has 1 fully saturated rings. The Bertz CT molecular complexity index is 704. The Labute approximate surface area is 142 Å². The van der Waals surface area contributed by atoms with Gasteiger partial charge in [-0.2, -0.15) is 0 Å². The lowest BCUT2D eigenvalue weighted by atomic mass is 10.2. The van der Waals surface area contributed by atoms with Gasteiger partial charge in [0.15, 0.2) is 0 Å². The molecule has 1 atom stereocenters. The number of rotatable bonds is 5. The summed E-state index contributed by atoms with van der Waals surface area (Å²) >= 11 is 0. The fourth-order valence-corrected chi connectivity index (χ4v) is 3.93. The lowest BCUT2D eigenvalue weighted by molar-refractivity contribution is -0.116. The number of halogens is 1. The molecule has 0 saturated heterocycles. The molecule has 1 aromatic carbocycles. The van der Waals surface area contributed by atoms with Gasteiger partial charge in [-0.1, -0.05) is 6.07 Å². The van der Waals surface area contributed by atoms with Crippen molar-refractivity contribution in [3.63, 3.8) is 0 Å². The molecule has 2 aliphatic rings. The second kappa shape index (κ2) is 6.76. The van der Waals surface area contributed by atoms with E-state index in [2.05, 4.69) is 4.72 Å². The van der Waals surface area contributed by atoms with E-state index >= 15 is 0 Å². The quantitative estimate of drug-likeness (QED) is 0.821. The number of nitrogens with one attached hydrogen (secondary N) is 1. The maximum absolute atomic E-state index is 12.4. The molecular formula is C15H22ClN3O3S. The minimum atomic E-state index is -3.60. The molecule has 0 spiro atoms. The van der Waals surface area contributed by atoms with Crippen molar-refractivity contribution < 1.29 is 13.2 Å². The summed E-state index contributed by atoms with van der Waals surface area (Å²) in [4.78, 5) is 13.4. The fourth-order valence-electron chi connectivity index (χ4n) is 2.83. The summed E-state index contributed by atoms with van der Waals surface area (Å²) in [5, 5.41) is 0. The number of anilines is 1. The largest absolute Gasteiger partial charge is 0.326 e. The first-order valence-electron chi connectivity index (χ1n) is 7.55. The van der Waals surface area contributed by atoms with E-state index in [1.807, 2.05) is 0 Å². The van der Waals surface area contributed by atoms with Crippen molar-refractivity contribution in [2.24, 2.45) is 11.7 Å². The highest BCUT2D eigenvalue weighted by Crippen LogP contribution is 2.32. The minimum Gasteiger partial charge on any atom is -0.326 e. The van der Waals surface area contributed by atoms with Crippen LogP contribution in [-0.2, 0) is 21.2 Å². The number of amides is 1. The number of nitrogens with two attached hydrogens (primary N) is 1. The number of fused-ring (bicyclic) bond motifs is 1. The van der Waals surface area contributed by atoms with Gasteiger partial charge in [-0.05, 0) is 42.9 Å². The summed E-state index contributed by atoms with van der Waals surface area (Å²) in [7, 11) is -3.60. The molecule has 1 aliphatic carbocycles. The van der Waals surface area contributed by atoms with Crippen LogP contribution in [0.2, 0.25) is 0 Å². The van der Waals surface area contributed by atoms with Crippen LogP contribution in [0.4, 0.5) is 5.69 Å². The van der Waals surface area contributed by atoms with Crippen LogP contribution in [0, 0.1) is 5.92 Å². The van der Waals surface area contributed by atoms with Crippen molar-refractivity contribution in [1.82, 2.24) is 4.72 Å². The second-order valence-corrected chi connectivity index (χ2v) is 7.83. The Morgan fingerprint density at radius 3 is 2.74 bits per heavy atom. The van der Waals surface area contributed by atoms with Crippen molar-refractivity contribution in [3.05, 3.63) is 23.8 Å². The predicted octanol–water partition coefficient (Wildman–Crippen LogP) is 1.03. The monoisotopic (exact) mass is 359 g/mol. The zero-order chi connectivity index (χ0) is 15.9. The molecule has 1 aromatic rings. The number of hydrogen-bond donors (Lipinski definition) is 2. The van der Waals surface area contributed by atoms with Gasteiger partial charge in [0.1, 0.15) is 0 Å². The van der Waals surface area contributed by atoms with Crippen LogP contribution in [-0.4, -0.2) is 33.5 Å². The summed E-state index contributed by atoms with van der Waals surface area (Å²) in [6.07, 6.45) is 2.92. The van der Waals surface area contributed by atoms with E-state index in [-0.39, 0.29) is 35.8 Å². The molecule has 6 nitrogen and oxygen atoms in total. The summed E-state index contributed by atoms with van der Waals surface area (Å²) < 4.78 is 27.3. The molecule has 1 unspecified atom stereocenters. The third-order valence-corrected chi connectivity index (χ3v) is 5.80. The average molecular weight is 360 g/mol. The Morgan fingerprint density at radius 2 is 2.13 bits per heavy atom. The molecule has 3 rings (SSSR count). The van der Waals surface area contributed by atoms with Crippen LogP contribution >= 0.6 is 12.4 Å². The third-order valence-electron chi connectivity index (χ3n) is 4.38. The molecule has 23 heavy (non-hydrogen) atoms. The molecule has 1 saturated carbocycles. The molecule has 128 valence electrons. The smallest absolute Gasteiger partial charge is 0.240 e. The number of benzene rings is 1. The summed E-state index contributed by atoms with van der Waals surface area (Å²) in [5.41, 5.74) is 7.64. The van der Waals surface area contributed by atoms with Crippen molar-refractivity contribution in [2.45, 2.75) is 37.1 Å². The zero-order valence-electron chi connectivity index (χ0n) is 13.0. The molecule has 8 heteroatoms. The zero-order valence-corrected chi connectivity index (χ0v) is 14.6. The molecule has 0 aromatic heterocycles. The van der Waals surface area contributed by atoms with Crippen LogP contribution in [0.1, 0.15) is 25.3 Å². The molecule has 3 N–H and O–H groups in total. The van der Waals surface area contributed by atoms with E-state index in [0.29, 0.717) is 18.2 Å². The standard InChI is InChI=1S/C15H21N3O3S.ClH/c1-10(19)18-7-6-12-4-5-13(8-15(12)18)22(20,21)17-9-14(16)11-2-3-11;/h4-5,8,11,14,17H,2-3,6-7,9,16H2,1H3;1H. The maximum atomic E-state index is 12.4. The van der Waals surface area contributed by atoms with E-state index in [1.54, 1.807) is 23.1 Å². The normalized spacial score (nSPS) is 18.3. The maximum Gasteiger partial charge on any atom is 0.240 e. The predicted molar refractivity (Wildman–Crippen MR) is 91.3 cm³/mol. The molecule has 0 bridgehead atoms. The first-order chi connectivity index (χ1) is 10.4. The van der Waals surface area contributed by atoms with Gasteiger partial charge in [-0.25, -0.2) is 13.1 Å². The van der Waals surface area contributed by atoms with Gasteiger partial charge in [0.2, 0.25) is 15.9 Å². The first kappa shape index (κ1) is 18.2. The van der Waals surface area contributed by atoms with Gasteiger partial charge in [0.25, 0.3) is 0 Å². The Kier molecular flexibility index (Phi) is 5.35. The lowest BCUT2D eigenvalue weighted by Crippen LogP contribution is -2.38. The highest BCUT2D eigenvalue weighted by atomic mass is 35.5. The van der Waals surface area contributed by atoms with Crippen LogP contribution < -0.4 is 15.4 Å². The van der Waals surface area contributed by atoms with Crippen molar-refractivity contribution in [3.8, 4) is 0 Å². The molecule has 1 aliphatic heterocycles. The van der Waals surface area contributed by atoms with Crippen LogP contribution in [0.5, 0.6) is 0 Å². The van der Waals surface area contributed by atoms with Crippen molar-refractivity contribution >= 4 is 34.0 Å². The third kappa shape index (κ3) is 3.85. The number of sulfonamides is 1. The second-order valence-electron chi connectivity index (χ2n) is 6.06. The fraction of sp³-hybridized carbons (Fsp3) is 0.533. The van der Waals surface area contributed by atoms with Crippen molar-refractivity contribution in [2.75, 3.05) is 18.0 Å². The molecular weight excluding hydrogens is 338 g/mol. The van der Waals surface area contributed by atoms with Gasteiger partial charge in [0.05, 0.1) is 4.90 Å². The van der Waals surface area contributed by atoms with E-state index in [1.165, 1.54) is 6.92 Å². The Hall–Kier alpha value is -1.15. The van der Waals surface area contributed by atoms with Crippen LogP contribution in [0.25, 0.3) is 0 Å². The van der Waals surface area contributed by atoms with Gasteiger partial charge < -0.3 is 10.6 Å². The minimum absolute atomic E-state index is 0. The molecule has 1 amide bonds. The lowest BCUT2D eigenvalue weighted by Gasteiger charge is -2.16. The summed E-state index contributed by atoms with van der Waals surface area (Å²) in [6.45, 7) is 2.35. The Balaban J connectivity index is 0.00000192. The first-order valence-corrected chi connectivity index (χ1v) is 9.03. The number of hydrogen-bond acceptors (Lipinski definition) is 4. The van der Waals surface area contributed by atoms with Gasteiger partial charge in [-0.3, -0.25) is 4.79 Å². The van der Waals surface area contributed by atoms with Crippen LogP contribution in [0.15, 0.2) is 23.1 Å². The van der Waals surface area contributed by atoms with Crippen LogP contribution in [0.3, 0.4) is 0 Å². The van der Waals surface area contributed by atoms with E-state index in [9.17, 15) is 13.2 Å². The number of carbonyl (C=O) groups is 1. The van der Waals surface area contributed by atoms with E-state index in [0.717, 1.165) is 24.8 Å². The topological polar surface area (TPSA) is 92.5 Å². The molecule has 1 heterocycles. The Morgan fingerprint density at radius 1 is 1.43 bits per heavy atom. The highest BCUT2D eigenvalue weighted by Gasteiger charge is 2.30. The molecule has 0 radical (unpaired) electrons. The number of nitrogens with zero attached hydrogens (tertiary/aromatic N) is 1. The average Bonchev–Trinajstić information content (AvgIpc) is 3.23. The van der Waals surface area contributed by atoms with Gasteiger partial charge >= 0.3 is 0 Å². The van der Waals surface area contributed by atoms with E-state index in [4.69, 9.17) is 5.73 Å².